The van der Waals surface area contributed by atoms with E-state index in [2.05, 4.69) is 10.1 Å². The molecule has 1 aliphatic carbocycles. The summed E-state index contributed by atoms with van der Waals surface area (Å²) in [5, 5.41) is 4.00. The Labute approximate surface area is 122 Å². The molecule has 4 rings (SSSR count). The van der Waals surface area contributed by atoms with Crippen molar-refractivity contribution in [2.24, 2.45) is 11.7 Å². The first-order valence-corrected chi connectivity index (χ1v) is 7.26. The van der Waals surface area contributed by atoms with Gasteiger partial charge in [0.25, 0.3) is 0 Å². The smallest absolute Gasteiger partial charge is 0.228 e. The normalized spacial score (nSPS) is 22.0. The summed E-state index contributed by atoms with van der Waals surface area (Å²) in [6.45, 7) is 0.380. The summed E-state index contributed by atoms with van der Waals surface area (Å²) in [5.41, 5.74) is 6.08. The molecule has 2 unspecified atom stereocenters. The van der Waals surface area contributed by atoms with Crippen LogP contribution in [0.5, 0.6) is 11.5 Å². The van der Waals surface area contributed by atoms with Crippen LogP contribution in [0.25, 0.3) is 0 Å². The van der Waals surface area contributed by atoms with E-state index in [-0.39, 0.29) is 12.1 Å². The monoisotopic (exact) mass is 287 g/mol. The van der Waals surface area contributed by atoms with Gasteiger partial charge in [0, 0.05) is 12.5 Å². The van der Waals surface area contributed by atoms with Crippen LogP contribution >= 0.6 is 0 Å². The highest BCUT2D eigenvalue weighted by atomic mass is 16.6. The van der Waals surface area contributed by atoms with Crippen molar-refractivity contribution in [3.63, 3.8) is 0 Å². The van der Waals surface area contributed by atoms with E-state index in [1.165, 1.54) is 12.8 Å². The topological polar surface area (TPSA) is 83.4 Å². The Balaban J connectivity index is 1.46. The molecule has 2 aliphatic rings. The fourth-order valence-electron chi connectivity index (χ4n) is 2.52. The molecule has 6 nitrogen and oxygen atoms in total. The number of ether oxygens (including phenoxy) is 2. The number of nitrogens with zero attached hydrogens (tertiary/aromatic N) is 2. The standard InChI is InChI=1S/C15H17N3O3/c16-10(9-5-6-9)7-14-17-15(18-21-14)13-8-19-11-3-1-2-4-12(11)20-13/h1-4,9-10,13H,5-8,16H2. The molecule has 2 aromatic rings. The first kappa shape index (κ1) is 12.6. The maximum Gasteiger partial charge on any atom is 0.228 e. The zero-order valence-electron chi connectivity index (χ0n) is 11.6. The van der Waals surface area contributed by atoms with Crippen molar-refractivity contribution in [3.05, 3.63) is 36.0 Å². The summed E-state index contributed by atoms with van der Waals surface area (Å²) in [4.78, 5) is 4.39. The number of hydrogen-bond donors (Lipinski definition) is 1. The van der Waals surface area contributed by atoms with Crippen LogP contribution in [0.4, 0.5) is 0 Å². The van der Waals surface area contributed by atoms with Gasteiger partial charge in [-0.2, -0.15) is 4.98 Å². The van der Waals surface area contributed by atoms with Gasteiger partial charge in [0.1, 0.15) is 6.61 Å². The quantitative estimate of drug-likeness (QED) is 0.924. The van der Waals surface area contributed by atoms with Gasteiger partial charge in [-0.25, -0.2) is 0 Å². The van der Waals surface area contributed by atoms with Gasteiger partial charge in [-0.1, -0.05) is 17.3 Å². The summed E-state index contributed by atoms with van der Waals surface area (Å²) < 4.78 is 16.8. The summed E-state index contributed by atoms with van der Waals surface area (Å²) in [5.74, 6) is 3.15. The third-order valence-corrected chi connectivity index (χ3v) is 3.92. The molecule has 1 aromatic heterocycles. The lowest BCUT2D eigenvalue weighted by Gasteiger charge is -2.24. The Morgan fingerprint density at radius 3 is 2.86 bits per heavy atom. The van der Waals surface area contributed by atoms with Gasteiger partial charge in [0.15, 0.2) is 17.6 Å². The lowest BCUT2D eigenvalue weighted by Crippen LogP contribution is -2.25. The second-order valence-corrected chi connectivity index (χ2v) is 5.62. The number of para-hydroxylation sites is 2. The Bertz CT molecular complexity index is 639. The van der Waals surface area contributed by atoms with E-state index in [1.807, 2.05) is 24.3 Å². The van der Waals surface area contributed by atoms with Crippen molar-refractivity contribution in [1.82, 2.24) is 10.1 Å². The third kappa shape index (κ3) is 2.58. The van der Waals surface area contributed by atoms with Crippen molar-refractivity contribution in [2.45, 2.75) is 31.4 Å². The molecule has 110 valence electrons. The van der Waals surface area contributed by atoms with Crippen molar-refractivity contribution in [3.8, 4) is 11.5 Å². The van der Waals surface area contributed by atoms with E-state index in [0.29, 0.717) is 36.4 Å². The number of nitrogens with two attached hydrogens (primary N) is 1. The third-order valence-electron chi connectivity index (χ3n) is 3.92. The molecule has 1 aliphatic heterocycles. The average molecular weight is 287 g/mol. The van der Waals surface area contributed by atoms with Crippen LogP contribution in [0.1, 0.15) is 30.7 Å². The number of aromatic nitrogens is 2. The Morgan fingerprint density at radius 1 is 1.24 bits per heavy atom. The first-order valence-electron chi connectivity index (χ1n) is 7.26. The molecule has 0 spiro atoms. The van der Waals surface area contributed by atoms with Crippen molar-refractivity contribution >= 4 is 0 Å². The molecule has 2 N–H and O–H groups in total. The van der Waals surface area contributed by atoms with Crippen LogP contribution < -0.4 is 15.2 Å². The van der Waals surface area contributed by atoms with Crippen LogP contribution in [-0.4, -0.2) is 22.8 Å². The lowest BCUT2D eigenvalue weighted by atomic mass is 10.1. The van der Waals surface area contributed by atoms with Gasteiger partial charge >= 0.3 is 0 Å². The van der Waals surface area contributed by atoms with Gasteiger partial charge < -0.3 is 19.7 Å². The molecule has 0 saturated heterocycles. The molecule has 1 aromatic carbocycles. The van der Waals surface area contributed by atoms with E-state index < -0.39 is 0 Å². The Hall–Kier alpha value is -2.08. The number of benzene rings is 1. The molecule has 0 bridgehead atoms. The largest absolute Gasteiger partial charge is 0.485 e. The second-order valence-electron chi connectivity index (χ2n) is 5.62. The highest BCUT2D eigenvalue weighted by molar-refractivity contribution is 5.40. The maximum atomic E-state index is 6.08. The van der Waals surface area contributed by atoms with Crippen LogP contribution in [-0.2, 0) is 6.42 Å². The predicted octanol–water partition coefficient (Wildman–Crippen LogP) is 1.86. The zero-order valence-corrected chi connectivity index (χ0v) is 11.6. The van der Waals surface area contributed by atoms with Gasteiger partial charge in [-0.15, -0.1) is 0 Å². The average Bonchev–Trinajstić information content (AvgIpc) is 3.27. The number of fused-ring (bicyclic) bond motifs is 1. The minimum Gasteiger partial charge on any atom is -0.485 e. The molecule has 0 amide bonds. The SMILES string of the molecule is NC(Cc1nc(C2COc3ccccc3O2)no1)C1CC1. The van der Waals surface area contributed by atoms with Crippen molar-refractivity contribution in [1.29, 1.82) is 0 Å². The van der Waals surface area contributed by atoms with Gasteiger partial charge in [0.05, 0.1) is 0 Å². The Kier molecular flexibility index (Phi) is 3.03. The fraction of sp³-hybridized carbons (Fsp3) is 0.467. The molecule has 21 heavy (non-hydrogen) atoms. The van der Waals surface area contributed by atoms with E-state index in [1.54, 1.807) is 0 Å². The highest BCUT2D eigenvalue weighted by Crippen LogP contribution is 2.35. The zero-order chi connectivity index (χ0) is 14.2. The molecule has 2 atom stereocenters. The highest BCUT2D eigenvalue weighted by Gasteiger charge is 2.31. The first-order chi connectivity index (χ1) is 10.3. The van der Waals surface area contributed by atoms with E-state index in [4.69, 9.17) is 19.7 Å². The van der Waals surface area contributed by atoms with Crippen LogP contribution in [0.15, 0.2) is 28.8 Å². The second kappa shape index (κ2) is 5.04. The molecule has 1 fully saturated rings. The van der Waals surface area contributed by atoms with Crippen molar-refractivity contribution in [2.75, 3.05) is 6.61 Å². The summed E-state index contributed by atoms with van der Waals surface area (Å²) in [7, 11) is 0. The van der Waals surface area contributed by atoms with Gasteiger partial charge in [-0.05, 0) is 30.9 Å². The molecule has 2 heterocycles. The summed E-state index contributed by atoms with van der Waals surface area (Å²) in [6.07, 6.45) is 2.70. The maximum absolute atomic E-state index is 6.08. The molecular weight excluding hydrogens is 270 g/mol. The lowest BCUT2D eigenvalue weighted by molar-refractivity contribution is 0.0832. The molecular formula is C15H17N3O3. The Morgan fingerprint density at radius 2 is 2.05 bits per heavy atom. The predicted molar refractivity (Wildman–Crippen MR) is 74.0 cm³/mol. The van der Waals surface area contributed by atoms with E-state index >= 15 is 0 Å². The van der Waals surface area contributed by atoms with Crippen molar-refractivity contribution < 1.29 is 14.0 Å². The number of hydrogen-bond acceptors (Lipinski definition) is 6. The molecule has 0 radical (unpaired) electrons. The minimum absolute atomic E-state index is 0.113. The number of rotatable bonds is 4. The fourth-order valence-corrected chi connectivity index (χ4v) is 2.52. The van der Waals surface area contributed by atoms with Gasteiger partial charge in [-0.3, -0.25) is 0 Å². The molecule has 6 heteroatoms. The van der Waals surface area contributed by atoms with Crippen LogP contribution in [0.3, 0.4) is 0 Å². The van der Waals surface area contributed by atoms with E-state index in [0.717, 1.165) is 5.75 Å². The van der Waals surface area contributed by atoms with Crippen LogP contribution in [0, 0.1) is 5.92 Å². The minimum atomic E-state index is -0.338. The van der Waals surface area contributed by atoms with Gasteiger partial charge in [0.2, 0.25) is 11.7 Å². The summed E-state index contributed by atoms with van der Waals surface area (Å²) >= 11 is 0. The summed E-state index contributed by atoms with van der Waals surface area (Å²) in [6, 6.07) is 7.67. The van der Waals surface area contributed by atoms with Crippen LogP contribution in [0.2, 0.25) is 0 Å². The molecule has 1 saturated carbocycles. The van der Waals surface area contributed by atoms with E-state index in [9.17, 15) is 0 Å².